The fraction of sp³-hybridized carbons (Fsp3) is 0. The smallest absolute Gasteiger partial charge is 0.195 e. The van der Waals surface area contributed by atoms with E-state index in [1.165, 1.54) is 0 Å². The van der Waals surface area contributed by atoms with E-state index in [4.69, 9.17) is 22.6 Å². The van der Waals surface area contributed by atoms with Gasteiger partial charge in [-0.05, 0) is 132 Å². The van der Waals surface area contributed by atoms with E-state index in [9.17, 15) is 10.5 Å². The highest BCUT2D eigenvalue weighted by molar-refractivity contribution is 6.34. The number of aromatic nitrogens is 2. The lowest BCUT2D eigenvalue weighted by Gasteiger charge is -2.32. The Morgan fingerprint density at radius 3 is 1.25 bits per heavy atom. The molecule has 0 saturated carbocycles. The number of ether oxygens (including phenoxy) is 2. The lowest BCUT2D eigenvalue weighted by atomic mass is 9.87. The molecule has 0 bridgehead atoms. The average molecular weight is 1020 g/mol. The molecule has 2 aliphatic heterocycles. The Hall–Kier alpha value is -11.8. The van der Waals surface area contributed by atoms with Crippen molar-refractivity contribution in [2.24, 2.45) is 0 Å². The Kier molecular flexibility index (Phi) is 10.2. The van der Waals surface area contributed by atoms with Crippen LogP contribution in [0.3, 0.4) is 0 Å². The van der Waals surface area contributed by atoms with Crippen LogP contribution in [0.15, 0.2) is 231 Å². The molecule has 10 nitrogen and oxygen atoms in total. The molecule has 13 aromatic rings. The number of fused-ring (bicyclic) bond motifs is 10. The van der Waals surface area contributed by atoms with Crippen molar-refractivity contribution < 1.29 is 9.47 Å². The van der Waals surface area contributed by atoms with Crippen molar-refractivity contribution in [1.29, 1.82) is 10.5 Å². The van der Waals surface area contributed by atoms with Gasteiger partial charge in [0.15, 0.2) is 34.4 Å². The SMILES string of the molecule is [C-]#[N+]c1ccc(C#N)c(-c2c3c4ccccc4n(-c4ccc(N5c6ccccc6Oc6ccccc65)cc4)c3c(-c3cc(C#N)ccc3[N+]#[C-])c3c4ccccc4n(-c4ccc(N5c6ccccc6Oc6ccccc65)cc4)c23)c1. The van der Waals surface area contributed by atoms with E-state index in [1.54, 1.807) is 24.3 Å². The first-order valence-electron chi connectivity index (χ1n) is 25.9. The Morgan fingerprint density at radius 1 is 0.388 bits per heavy atom. The van der Waals surface area contributed by atoms with E-state index in [0.717, 1.165) is 123 Å². The first-order chi connectivity index (χ1) is 39.5. The lowest BCUT2D eigenvalue weighted by molar-refractivity contribution is 0.477. The highest BCUT2D eigenvalue weighted by Gasteiger charge is 2.32. The highest BCUT2D eigenvalue weighted by Crippen LogP contribution is 2.56. The Balaban J connectivity index is 1.08. The van der Waals surface area contributed by atoms with Crippen molar-refractivity contribution >= 4 is 89.1 Å². The Bertz CT molecular complexity index is 4560. The van der Waals surface area contributed by atoms with Gasteiger partial charge in [0.1, 0.15) is 0 Å². The quantitative estimate of drug-likeness (QED) is 0.154. The molecule has 0 saturated heterocycles. The minimum absolute atomic E-state index is 0.371. The predicted molar refractivity (Wildman–Crippen MR) is 317 cm³/mol. The highest BCUT2D eigenvalue weighted by atomic mass is 16.5. The van der Waals surface area contributed by atoms with Crippen molar-refractivity contribution in [3.63, 3.8) is 0 Å². The number of benzene rings is 11. The van der Waals surface area contributed by atoms with E-state index in [-0.39, 0.29) is 0 Å². The molecular formula is C70H38N8O2. The topological polar surface area (TPSA) is 91.1 Å². The van der Waals surface area contributed by atoms with Crippen molar-refractivity contribution in [2.45, 2.75) is 0 Å². The summed E-state index contributed by atoms with van der Waals surface area (Å²) in [4.78, 5) is 12.5. The number of anilines is 6. The predicted octanol–water partition coefficient (Wildman–Crippen LogP) is 19.2. The van der Waals surface area contributed by atoms with Crippen LogP contribution >= 0.6 is 0 Å². The number of para-hydroxylation sites is 10. The van der Waals surface area contributed by atoms with E-state index >= 15 is 0 Å². The number of rotatable bonds is 6. The van der Waals surface area contributed by atoms with Gasteiger partial charge >= 0.3 is 0 Å². The first-order valence-corrected chi connectivity index (χ1v) is 25.9. The van der Waals surface area contributed by atoms with Gasteiger partial charge in [0, 0.05) is 55.4 Å². The molecular weight excluding hydrogens is 985 g/mol. The zero-order valence-electron chi connectivity index (χ0n) is 42.3. The number of hydrogen-bond acceptors (Lipinski definition) is 6. The first kappa shape index (κ1) is 45.6. The minimum atomic E-state index is 0.371. The maximum absolute atomic E-state index is 11.2. The largest absolute Gasteiger partial charge is 0.453 e. The molecule has 10 heteroatoms. The van der Waals surface area contributed by atoms with E-state index in [0.29, 0.717) is 33.6 Å². The van der Waals surface area contributed by atoms with Crippen LogP contribution in [0.25, 0.3) is 86.9 Å². The molecule has 2 aromatic heterocycles. The number of nitrogens with zero attached hydrogens (tertiary/aromatic N) is 8. The van der Waals surface area contributed by atoms with Gasteiger partial charge in [0.2, 0.25) is 0 Å². The van der Waals surface area contributed by atoms with Gasteiger partial charge in [-0.1, -0.05) is 109 Å². The normalized spacial score (nSPS) is 12.1. The molecule has 0 spiro atoms. The second-order valence-corrected chi connectivity index (χ2v) is 19.6. The third-order valence-corrected chi connectivity index (χ3v) is 15.4. The molecule has 0 N–H and O–H groups in total. The second kappa shape index (κ2) is 17.9. The van der Waals surface area contributed by atoms with Crippen molar-refractivity contribution in [3.05, 3.63) is 264 Å². The molecule has 0 amide bonds. The number of nitriles is 2. The maximum atomic E-state index is 11.2. The van der Waals surface area contributed by atoms with E-state index < -0.39 is 0 Å². The van der Waals surface area contributed by atoms with Gasteiger partial charge in [-0.25, -0.2) is 9.69 Å². The zero-order chi connectivity index (χ0) is 53.6. The average Bonchev–Trinajstić information content (AvgIpc) is 4.14. The molecule has 0 atom stereocenters. The fourth-order valence-electron chi connectivity index (χ4n) is 12.0. The molecule has 370 valence electrons. The Morgan fingerprint density at radius 2 is 0.812 bits per heavy atom. The van der Waals surface area contributed by atoms with Crippen LogP contribution in [-0.4, -0.2) is 9.13 Å². The van der Waals surface area contributed by atoms with Crippen LogP contribution in [0.4, 0.5) is 45.5 Å². The zero-order valence-corrected chi connectivity index (χ0v) is 42.3. The standard InChI is InChI=1S/C70H38N8O2/c1-73-45-29-28-44(42-72)52(40-45)67-65-50-15-3-5-17-55(50)78(49-36-32-47(33-37-49)76-59-21-9-13-25-63(59)80-64-26-14-10-22-60(64)76)70(65)68(53-39-43(41-71)27-38-54(53)74-2)66-51-16-4-6-18-56(51)77(69(66)67)48-34-30-46(31-35-48)75-57-19-7-11-23-61(57)79-62-24-12-8-20-58(62)75/h3-40H. The Labute approximate surface area is 459 Å². The summed E-state index contributed by atoms with van der Waals surface area (Å²) in [5, 5.41) is 25.2. The summed E-state index contributed by atoms with van der Waals surface area (Å²) >= 11 is 0. The molecule has 15 rings (SSSR count). The van der Waals surface area contributed by atoms with Crippen LogP contribution in [0.5, 0.6) is 23.0 Å². The second-order valence-electron chi connectivity index (χ2n) is 19.6. The fourth-order valence-corrected chi connectivity index (χ4v) is 12.0. The molecule has 0 fully saturated rings. The summed E-state index contributed by atoms with van der Waals surface area (Å²) in [7, 11) is 0. The van der Waals surface area contributed by atoms with Crippen molar-refractivity contribution in [2.75, 3.05) is 9.80 Å². The van der Waals surface area contributed by atoms with E-state index in [1.807, 2.05) is 109 Å². The van der Waals surface area contributed by atoms with Crippen LogP contribution in [0, 0.1) is 35.8 Å². The molecule has 2 aliphatic rings. The lowest BCUT2D eigenvalue weighted by Crippen LogP contribution is -2.15. The van der Waals surface area contributed by atoms with Gasteiger partial charge in [-0.3, -0.25) is 0 Å². The number of hydrogen-bond donors (Lipinski definition) is 0. The maximum Gasteiger partial charge on any atom is 0.195 e. The molecule has 0 radical (unpaired) electrons. The van der Waals surface area contributed by atoms with Crippen LogP contribution in [0.1, 0.15) is 11.1 Å². The van der Waals surface area contributed by atoms with Gasteiger partial charge in [-0.15, -0.1) is 0 Å². The summed E-state index contributed by atoms with van der Waals surface area (Å²) in [6, 6.07) is 80.9. The third-order valence-electron chi connectivity index (χ3n) is 15.4. The monoisotopic (exact) mass is 1020 g/mol. The van der Waals surface area contributed by atoms with E-state index in [2.05, 4.69) is 138 Å². The van der Waals surface area contributed by atoms with Crippen LogP contribution < -0.4 is 19.3 Å². The van der Waals surface area contributed by atoms with Crippen molar-refractivity contribution in [1.82, 2.24) is 9.13 Å². The summed E-state index contributed by atoms with van der Waals surface area (Å²) in [6.07, 6.45) is 0. The van der Waals surface area contributed by atoms with Crippen molar-refractivity contribution in [3.8, 4) is 68.8 Å². The third kappa shape index (κ3) is 6.74. The summed E-state index contributed by atoms with van der Waals surface area (Å²) in [5.41, 5.74) is 14.6. The summed E-state index contributed by atoms with van der Waals surface area (Å²) < 4.78 is 17.3. The van der Waals surface area contributed by atoms with Gasteiger partial charge in [0.25, 0.3) is 0 Å². The minimum Gasteiger partial charge on any atom is -0.453 e. The summed E-state index contributed by atoms with van der Waals surface area (Å²) in [6.45, 7) is 17.1. The molecule has 4 heterocycles. The summed E-state index contributed by atoms with van der Waals surface area (Å²) in [5.74, 6) is 2.99. The molecule has 0 unspecified atom stereocenters. The van der Waals surface area contributed by atoms with Crippen LogP contribution in [0.2, 0.25) is 0 Å². The van der Waals surface area contributed by atoms with Gasteiger partial charge < -0.3 is 28.4 Å². The van der Waals surface area contributed by atoms with Gasteiger partial charge in [-0.2, -0.15) is 10.5 Å². The molecule has 0 aliphatic carbocycles. The molecule has 11 aromatic carbocycles. The molecule has 80 heavy (non-hydrogen) atoms. The van der Waals surface area contributed by atoms with Gasteiger partial charge in [0.05, 0.1) is 81.2 Å². The van der Waals surface area contributed by atoms with Crippen LogP contribution in [-0.2, 0) is 0 Å².